The van der Waals surface area contributed by atoms with Gasteiger partial charge in [0.15, 0.2) is 0 Å². The van der Waals surface area contributed by atoms with E-state index in [1.807, 2.05) is 11.8 Å². The van der Waals surface area contributed by atoms with Crippen molar-refractivity contribution in [2.75, 3.05) is 31.1 Å². The number of piperidine rings is 1. The van der Waals surface area contributed by atoms with Crippen LogP contribution in [0, 0.1) is 18.7 Å². The molecule has 0 saturated carbocycles. The standard InChI is InChI=1S/C24H27ClFN3O4/c1-15-12-17(2-4-19(15)25)23(32)27-8-9-28-24(33)18-3-5-21(20(26)14-18)29-10-6-16(7-11-29)13-22(30)31/h2-5,12,14,16H,6-11,13H2,1H3,(H,27,32)(H,28,33)(H,30,31). The van der Waals surface area contributed by atoms with E-state index in [1.165, 1.54) is 6.07 Å². The summed E-state index contributed by atoms with van der Waals surface area (Å²) in [4.78, 5) is 37.3. The third-order valence-corrected chi connectivity index (χ3v) is 6.17. The molecule has 7 nitrogen and oxygen atoms in total. The van der Waals surface area contributed by atoms with E-state index in [0.29, 0.717) is 42.2 Å². The first kappa shape index (κ1) is 24.5. The van der Waals surface area contributed by atoms with Crippen LogP contribution in [0.3, 0.4) is 0 Å². The summed E-state index contributed by atoms with van der Waals surface area (Å²) in [6.07, 6.45) is 1.51. The Morgan fingerprint density at radius 2 is 1.61 bits per heavy atom. The van der Waals surface area contributed by atoms with Crippen LogP contribution >= 0.6 is 11.6 Å². The van der Waals surface area contributed by atoms with Crippen LogP contribution in [-0.2, 0) is 4.79 Å². The second-order valence-electron chi connectivity index (χ2n) is 8.17. The summed E-state index contributed by atoms with van der Waals surface area (Å²) >= 11 is 5.96. The Kier molecular flexibility index (Phi) is 8.27. The lowest BCUT2D eigenvalue weighted by atomic mass is 9.93. The molecule has 176 valence electrons. The maximum atomic E-state index is 14.7. The van der Waals surface area contributed by atoms with Gasteiger partial charge >= 0.3 is 5.97 Å². The van der Waals surface area contributed by atoms with Gasteiger partial charge in [-0.05, 0) is 67.6 Å². The van der Waals surface area contributed by atoms with E-state index in [2.05, 4.69) is 10.6 Å². The van der Waals surface area contributed by atoms with Gasteiger partial charge in [0.2, 0.25) is 0 Å². The zero-order valence-corrected chi connectivity index (χ0v) is 19.1. The molecule has 1 saturated heterocycles. The number of carbonyl (C=O) groups is 3. The van der Waals surface area contributed by atoms with Crippen molar-refractivity contribution in [3.8, 4) is 0 Å². The van der Waals surface area contributed by atoms with Gasteiger partial charge in [0.05, 0.1) is 5.69 Å². The number of hydrogen-bond donors (Lipinski definition) is 3. The van der Waals surface area contributed by atoms with Crippen LogP contribution in [0.15, 0.2) is 36.4 Å². The van der Waals surface area contributed by atoms with Gasteiger partial charge in [0.1, 0.15) is 5.82 Å². The highest BCUT2D eigenvalue weighted by molar-refractivity contribution is 6.31. The van der Waals surface area contributed by atoms with Gasteiger partial charge in [-0.3, -0.25) is 14.4 Å². The van der Waals surface area contributed by atoms with Crippen LogP contribution in [-0.4, -0.2) is 49.1 Å². The minimum absolute atomic E-state index is 0.107. The van der Waals surface area contributed by atoms with Gasteiger partial charge in [-0.25, -0.2) is 4.39 Å². The molecule has 1 heterocycles. The molecule has 2 aromatic rings. The number of aliphatic carboxylic acids is 1. The maximum absolute atomic E-state index is 14.7. The summed E-state index contributed by atoms with van der Waals surface area (Å²) in [7, 11) is 0. The molecule has 0 bridgehead atoms. The van der Waals surface area contributed by atoms with Crippen molar-refractivity contribution in [2.45, 2.75) is 26.2 Å². The SMILES string of the molecule is Cc1cc(C(=O)NCCNC(=O)c2ccc(N3CCC(CC(=O)O)CC3)c(F)c2)ccc1Cl. The largest absolute Gasteiger partial charge is 0.481 e. The number of aryl methyl sites for hydroxylation is 1. The average molecular weight is 476 g/mol. The van der Waals surface area contributed by atoms with E-state index in [0.717, 1.165) is 5.56 Å². The Morgan fingerprint density at radius 1 is 1.03 bits per heavy atom. The van der Waals surface area contributed by atoms with E-state index in [1.54, 1.807) is 30.3 Å². The van der Waals surface area contributed by atoms with Gasteiger partial charge < -0.3 is 20.6 Å². The number of hydrogen-bond acceptors (Lipinski definition) is 4. The third-order valence-electron chi connectivity index (χ3n) is 5.74. The molecule has 1 fully saturated rings. The van der Waals surface area contributed by atoms with Gasteiger partial charge in [0.25, 0.3) is 11.8 Å². The fourth-order valence-electron chi connectivity index (χ4n) is 3.87. The predicted octanol–water partition coefficient (Wildman–Crippen LogP) is 3.64. The van der Waals surface area contributed by atoms with E-state index < -0.39 is 17.7 Å². The summed E-state index contributed by atoms with van der Waals surface area (Å²) < 4.78 is 14.7. The molecule has 0 aromatic heterocycles. The highest BCUT2D eigenvalue weighted by atomic mass is 35.5. The second-order valence-corrected chi connectivity index (χ2v) is 8.58. The highest BCUT2D eigenvalue weighted by Crippen LogP contribution is 2.27. The summed E-state index contributed by atoms with van der Waals surface area (Å²) in [5, 5.41) is 14.9. The van der Waals surface area contributed by atoms with Crippen LogP contribution < -0.4 is 15.5 Å². The molecule has 0 radical (unpaired) electrons. The van der Waals surface area contributed by atoms with E-state index in [4.69, 9.17) is 16.7 Å². The van der Waals surface area contributed by atoms with Crippen LogP contribution in [0.2, 0.25) is 5.02 Å². The van der Waals surface area contributed by atoms with E-state index >= 15 is 0 Å². The maximum Gasteiger partial charge on any atom is 0.303 e. The summed E-state index contributed by atoms with van der Waals surface area (Å²) in [5.74, 6) is -1.90. The number of carboxylic acids is 1. The molecule has 0 atom stereocenters. The number of nitrogens with one attached hydrogen (secondary N) is 2. The number of halogens is 2. The first-order valence-corrected chi connectivity index (χ1v) is 11.2. The Hall–Kier alpha value is -3.13. The van der Waals surface area contributed by atoms with Gasteiger partial charge in [0, 0.05) is 48.7 Å². The predicted molar refractivity (Wildman–Crippen MR) is 124 cm³/mol. The number of amides is 2. The molecule has 33 heavy (non-hydrogen) atoms. The smallest absolute Gasteiger partial charge is 0.303 e. The lowest BCUT2D eigenvalue weighted by Gasteiger charge is -2.33. The van der Waals surface area contributed by atoms with E-state index in [9.17, 15) is 18.8 Å². The van der Waals surface area contributed by atoms with Crippen molar-refractivity contribution < 1.29 is 23.9 Å². The Balaban J connectivity index is 1.47. The minimum Gasteiger partial charge on any atom is -0.481 e. The first-order chi connectivity index (χ1) is 15.7. The van der Waals surface area contributed by atoms with Gasteiger partial charge in [-0.1, -0.05) is 11.6 Å². The van der Waals surface area contributed by atoms with Crippen molar-refractivity contribution in [2.24, 2.45) is 5.92 Å². The first-order valence-electron chi connectivity index (χ1n) is 10.8. The zero-order chi connectivity index (χ0) is 24.0. The molecule has 9 heteroatoms. The molecule has 2 aromatic carbocycles. The van der Waals surface area contributed by atoms with Crippen molar-refractivity contribution in [3.05, 3.63) is 63.9 Å². The summed E-state index contributed by atoms with van der Waals surface area (Å²) in [5.41, 5.74) is 1.88. The van der Waals surface area contributed by atoms with Gasteiger partial charge in [-0.15, -0.1) is 0 Å². The van der Waals surface area contributed by atoms with Crippen molar-refractivity contribution in [3.63, 3.8) is 0 Å². The molecular formula is C24H27ClFN3O4. The van der Waals surface area contributed by atoms with Crippen molar-refractivity contribution in [1.29, 1.82) is 0 Å². The molecule has 0 unspecified atom stereocenters. The average Bonchev–Trinajstić information content (AvgIpc) is 2.78. The molecule has 1 aliphatic heterocycles. The number of carboxylic acid groups (broad SMARTS) is 1. The fourth-order valence-corrected chi connectivity index (χ4v) is 3.99. The molecule has 3 rings (SSSR count). The lowest BCUT2D eigenvalue weighted by Crippen LogP contribution is -2.35. The quantitative estimate of drug-likeness (QED) is 0.506. The zero-order valence-electron chi connectivity index (χ0n) is 18.4. The van der Waals surface area contributed by atoms with E-state index in [-0.39, 0.29) is 36.9 Å². The summed E-state index contributed by atoms with van der Waals surface area (Å²) in [6.45, 7) is 3.38. The van der Waals surface area contributed by atoms with Crippen LogP contribution in [0.1, 0.15) is 45.5 Å². The topological polar surface area (TPSA) is 98.7 Å². The number of benzene rings is 2. The monoisotopic (exact) mass is 475 g/mol. The van der Waals surface area contributed by atoms with Gasteiger partial charge in [-0.2, -0.15) is 0 Å². The molecule has 2 amide bonds. The molecule has 0 aliphatic carbocycles. The number of anilines is 1. The van der Waals surface area contributed by atoms with Crippen LogP contribution in [0.4, 0.5) is 10.1 Å². The van der Waals surface area contributed by atoms with Crippen LogP contribution in [0.5, 0.6) is 0 Å². The summed E-state index contributed by atoms with van der Waals surface area (Å²) in [6, 6.07) is 9.31. The van der Waals surface area contributed by atoms with Crippen molar-refractivity contribution >= 4 is 35.1 Å². The number of nitrogens with zero attached hydrogens (tertiary/aromatic N) is 1. The normalized spacial score (nSPS) is 14.1. The minimum atomic E-state index is -0.811. The number of rotatable bonds is 8. The Labute approximate surface area is 196 Å². The highest BCUT2D eigenvalue weighted by Gasteiger charge is 2.23. The molecular weight excluding hydrogens is 449 g/mol. The fraction of sp³-hybridized carbons (Fsp3) is 0.375. The molecule has 1 aliphatic rings. The van der Waals surface area contributed by atoms with Crippen molar-refractivity contribution in [1.82, 2.24) is 10.6 Å². The lowest BCUT2D eigenvalue weighted by molar-refractivity contribution is -0.138. The molecule has 3 N–H and O–H groups in total. The number of carbonyl (C=O) groups excluding carboxylic acids is 2. The second kappa shape index (κ2) is 11.1. The Morgan fingerprint density at radius 3 is 2.15 bits per heavy atom. The Bertz CT molecular complexity index is 1040. The van der Waals surface area contributed by atoms with Crippen LogP contribution in [0.25, 0.3) is 0 Å². The molecule has 0 spiro atoms. The third kappa shape index (κ3) is 6.68.